The van der Waals surface area contributed by atoms with Crippen molar-refractivity contribution >= 4 is 23.1 Å². The molecule has 0 spiro atoms. The minimum atomic E-state index is 0.411. The van der Waals surface area contributed by atoms with Crippen LogP contribution < -0.4 is 5.73 Å². The van der Waals surface area contributed by atoms with Gasteiger partial charge in [0, 0.05) is 26.5 Å². The standard InChI is InChI=1S/C13H13NOS2/c1-10-13(4-6-15-10)17-9-12-7-11(8-16-12)3-2-5-14/h4,6-8H,5,9,14H2,1H3. The molecule has 2 heterocycles. The summed E-state index contributed by atoms with van der Waals surface area (Å²) in [5, 5.41) is 2.07. The van der Waals surface area contributed by atoms with Gasteiger partial charge in [-0.2, -0.15) is 0 Å². The number of thioether (sulfide) groups is 1. The van der Waals surface area contributed by atoms with Crippen LogP contribution in [0, 0.1) is 18.8 Å². The molecular formula is C13H13NOS2. The molecule has 2 nitrogen and oxygen atoms in total. The quantitative estimate of drug-likeness (QED) is 0.682. The Labute approximate surface area is 109 Å². The van der Waals surface area contributed by atoms with Crippen LogP contribution in [0.1, 0.15) is 16.2 Å². The molecule has 0 fully saturated rings. The minimum Gasteiger partial charge on any atom is -0.468 e. The maximum Gasteiger partial charge on any atom is 0.114 e. The maximum absolute atomic E-state index is 5.34. The first-order chi connectivity index (χ1) is 8.29. The Bertz CT molecular complexity index is 545. The zero-order valence-electron chi connectivity index (χ0n) is 9.53. The van der Waals surface area contributed by atoms with E-state index >= 15 is 0 Å². The van der Waals surface area contributed by atoms with Gasteiger partial charge in [-0.05, 0) is 19.1 Å². The third-order valence-corrected chi connectivity index (χ3v) is 4.48. The van der Waals surface area contributed by atoms with Crippen LogP contribution in [0.3, 0.4) is 0 Å². The summed E-state index contributed by atoms with van der Waals surface area (Å²) in [7, 11) is 0. The molecule has 2 aromatic rings. The Morgan fingerprint density at radius 2 is 2.41 bits per heavy atom. The van der Waals surface area contributed by atoms with E-state index in [1.165, 1.54) is 9.77 Å². The zero-order chi connectivity index (χ0) is 12.1. The topological polar surface area (TPSA) is 39.2 Å². The summed E-state index contributed by atoms with van der Waals surface area (Å²) in [6, 6.07) is 4.12. The zero-order valence-corrected chi connectivity index (χ0v) is 11.2. The molecule has 4 heteroatoms. The van der Waals surface area contributed by atoms with Crippen LogP contribution in [0.15, 0.2) is 33.1 Å². The van der Waals surface area contributed by atoms with Gasteiger partial charge in [0.1, 0.15) is 5.76 Å². The molecule has 0 bridgehead atoms. The van der Waals surface area contributed by atoms with Gasteiger partial charge in [0.25, 0.3) is 0 Å². The summed E-state index contributed by atoms with van der Waals surface area (Å²) < 4.78 is 5.26. The molecule has 2 aromatic heterocycles. The average molecular weight is 263 g/mol. The Morgan fingerprint density at radius 1 is 1.53 bits per heavy atom. The SMILES string of the molecule is Cc1occc1SCc1cc(C#CCN)cs1. The lowest BCUT2D eigenvalue weighted by Gasteiger charge is -1.96. The van der Waals surface area contributed by atoms with Crippen molar-refractivity contribution in [3.8, 4) is 11.8 Å². The lowest BCUT2D eigenvalue weighted by molar-refractivity contribution is 0.527. The largest absolute Gasteiger partial charge is 0.468 e. The number of rotatable bonds is 3. The van der Waals surface area contributed by atoms with Crippen LogP contribution in [0.2, 0.25) is 0 Å². The van der Waals surface area contributed by atoms with E-state index in [9.17, 15) is 0 Å². The monoisotopic (exact) mass is 263 g/mol. The van der Waals surface area contributed by atoms with Crippen LogP contribution in [0.4, 0.5) is 0 Å². The van der Waals surface area contributed by atoms with Gasteiger partial charge in [-0.25, -0.2) is 0 Å². The Balaban J connectivity index is 1.96. The fourth-order valence-electron chi connectivity index (χ4n) is 1.35. The van der Waals surface area contributed by atoms with Crippen LogP contribution in [0.5, 0.6) is 0 Å². The van der Waals surface area contributed by atoms with E-state index in [0.717, 1.165) is 17.1 Å². The van der Waals surface area contributed by atoms with Crippen molar-refractivity contribution in [2.24, 2.45) is 5.73 Å². The number of aryl methyl sites for hydroxylation is 1. The third kappa shape index (κ3) is 3.40. The molecule has 0 aromatic carbocycles. The minimum absolute atomic E-state index is 0.411. The normalized spacial score (nSPS) is 10.0. The lowest BCUT2D eigenvalue weighted by atomic mass is 10.3. The molecule has 0 saturated carbocycles. The first-order valence-corrected chi connectivity index (χ1v) is 7.09. The molecule has 0 amide bonds. The van der Waals surface area contributed by atoms with Crippen molar-refractivity contribution < 1.29 is 4.42 Å². The van der Waals surface area contributed by atoms with E-state index in [0.29, 0.717) is 6.54 Å². The van der Waals surface area contributed by atoms with E-state index in [2.05, 4.69) is 23.3 Å². The number of furan rings is 1. The Kier molecular flexibility index (Phi) is 4.32. The van der Waals surface area contributed by atoms with Crippen molar-refractivity contribution in [2.45, 2.75) is 17.6 Å². The summed E-state index contributed by atoms with van der Waals surface area (Å²) in [5.41, 5.74) is 6.39. The van der Waals surface area contributed by atoms with Crippen molar-refractivity contribution in [3.05, 3.63) is 40.0 Å². The number of nitrogens with two attached hydrogens (primary N) is 1. The molecule has 0 radical (unpaired) electrons. The smallest absolute Gasteiger partial charge is 0.114 e. The summed E-state index contributed by atoms with van der Waals surface area (Å²) in [5.74, 6) is 7.83. The van der Waals surface area contributed by atoms with Gasteiger partial charge in [0.05, 0.1) is 12.8 Å². The highest BCUT2D eigenvalue weighted by molar-refractivity contribution is 7.98. The average Bonchev–Trinajstić information content (AvgIpc) is 2.93. The predicted octanol–water partition coefficient (Wildman–Crippen LogP) is 3.25. The second-order valence-corrected chi connectivity index (χ2v) is 5.45. The molecule has 88 valence electrons. The van der Waals surface area contributed by atoms with Gasteiger partial charge in [-0.15, -0.1) is 23.1 Å². The fraction of sp³-hybridized carbons (Fsp3) is 0.231. The molecule has 0 atom stereocenters. The highest BCUT2D eigenvalue weighted by Crippen LogP contribution is 2.28. The molecule has 0 unspecified atom stereocenters. The summed E-state index contributed by atoms with van der Waals surface area (Å²) >= 11 is 3.52. The van der Waals surface area contributed by atoms with Crippen LogP contribution in [-0.4, -0.2) is 6.54 Å². The summed E-state index contributed by atoms with van der Waals surface area (Å²) in [6.45, 7) is 2.39. The van der Waals surface area contributed by atoms with E-state index in [1.807, 2.05) is 13.0 Å². The fourth-order valence-corrected chi connectivity index (χ4v) is 3.18. The predicted molar refractivity (Wildman–Crippen MR) is 73.3 cm³/mol. The molecular weight excluding hydrogens is 250 g/mol. The Morgan fingerprint density at radius 3 is 3.12 bits per heavy atom. The van der Waals surface area contributed by atoms with Crippen LogP contribution in [-0.2, 0) is 5.75 Å². The maximum atomic E-state index is 5.34. The highest BCUT2D eigenvalue weighted by Gasteiger charge is 2.04. The first kappa shape index (κ1) is 12.3. The number of thiophene rings is 1. The van der Waals surface area contributed by atoms with Gasteiger partial charge in [0.2, 0.25) is 0 Å². The first-order valence-electron chi connectivity index (χ1n) is 5.23. The van der Waals surface area contributed by atoms with E-state index in [1.54, 1.807) is 29.4 Å². The number of hydrogen-bond acceptors (Lipinski definition) is 4. The molecule has 17 heavy (non-hydrogen) atoms. The molecule has 0 aliphatic heterocycles. The third-order valence-electron chi connectivity index (χ3n) is 2.17. The summed E-state index contributed by atoms with van der Waals surface area (Å²) in [6.07, 6.45) is 1.73. The van der Waals surface area contributed by atoms with Gasteiger partial charge in [0.15, 0.2) is 0 Å². The van der Waals surface area contributed by atoms with Gasteiger partial charge >= 0.3 is 0 Å². The van der Waals surface area contributed by atoms with Gasteiger partial charge in [-0.3, -0.25) is 0 Å². The van der Waals surface area contributed by atoms with Gasteiger partial charge in [-0.1, -0.05) is 11.8 Å². The van der Waals surface area contributed by atoms with E-state index < -0.39 is 0 Å². The van der Waals surface area contributed by atoms with Crippen molar-refractivity contribution in [1.82, 2.24) is 0 Å². The summed E-state index contributed by atoms with van der Waals surface area (Å²) in [4.78, 5) is 2.52. The molecule has 2 N–H and O–H groups in total. The second kappa shape index (κ2) is 5.97. The van der Waals surface area contributed by atoms with E-state index in [-0.39, 0.29) is 0 Å². The molecule has 0 saturated heterocycles. The number of hydrogen-bond donors (Lipinski definition) is 1. The molecule has 2 rings (SSSR count). The van der Waals surface area contributed by atoms with Crippen molar-refractivity contribution in [1.29, 1.82) is 0 Å². The lowest BCUT2D eigenvalue weighted by Crippen LogP contribution is -1.92. The van der Waals surface area contributed by atoms with Crippen molar-refractivity contribution in [2.75, 3.05) is 6.54 Å². The van der Waals surface area contributed by atoms with Crippen molar-refractivity contribution in [3.63, 3.8) is 0 Å². The highest BCUT2D eigenvalue weighted by atomic mass is 32.2. The van der Waals surface area contributed by atoms with Gasteiger partial charge < -0.3 is 10.2 Å². The Hall–Kier alpha value is -1.15. The van der Waals surface area contributed by atoms with Crippen LogP contribution >= 0.6 is 23.1 Å². The molecule has 0 aliphatic rings. The van der Waals surface area contributed by atoms with Crippen LogP contribution in [0.25, 0.3) is 0 Å². The molecule has 0 aliphatic carbocycles. The second-order valence-electron chi connectivity index (χ2n) is 3.44. The van der Waals surface area contributed by atoms with E-state index in [4.69, 9.17) is 10.2 Å².